The zero-order valence-electron chi connectivity index (χ0n) is 9.58. The average molecular weight is 240 g/mol. The standard InChI is InChI=1S/C15H12O3/c16-13-8-6-12(7-9-13)15(18)10-14(17)11-4-2-1-3-5-11/h1-10,16-17H/b14-10+. The van der Waals surface area contributed by atoms with E-state index in [2.05, 4.69) is 0 Å². The molecule has 90 valence electrons. The lowest BCUT2D eigenvalue weighted by atomic mass is 10.1. The van der Waals surface area contributed by atoms with Crippen molar-refractivity contribution in [2.45, 2.75) is 0 Å². The predicted molar refractivity (Wildman–Crippen MR) is 69.5 cm³/mol. The second-order valence-corrected chi connectivity index (χ2v) is 3.81. The van der Waals surface area contributed by atoms with Crippen LogP contribution in [0.1, 0.15) is 15.9 Å². The van der Waals surface area contributed by atoms with Gasteiger partial charge in [-0.15, -0.1) is 0 Å². The van der Waals surface area contributed by atoms with Gasteiger partial charge in [-0.05, 0) is 24.3 Å². The zero-order chi connectivity index (χ0) is 13.0. The lowest BCUT2D eigenvalue weighted by molar-refractivity contribution is 0.104. The van der Waals surface area contributed by atoms with Crippen LogP contribution in [-0.4, -0.2) is 16.0 Å². The van der Waals surface area contributed by atoms with Crippen molar-refractivity contribution in [2.75, 3.05) is 0 Å². The van der Waals surface area contributed by atoms with Gasteiger partial charge >= 0.3 is 0 Å². The van der Waals surface area contributed by atoms with Gasteiger partial charge in [0.15, 0.2) is 5.78 Å². The Morgan fingerprint density at radius 1 is 0.889 bits per heavy atom. The minimum absolute atomic E-state index is 0.0753. The van der Waals surface area contributed by atoms with Crippen LogP contribution in [-0.2, 0) is 0 Å². The van der Waals surface area contributed by atoms with E-state index in [9.17, 15) is 9.90 Å². The Kier molecular flexibility index (Phi) is 3.44. The van der Waals surface area contributed by atoms with Crippen LogP contribution in [0.4, 0.5) is 0 Å². The number of carbonyl (C=O) groups excluding carboxylic acids is 1. The molecule has 0 bridgehead atoms. The van der Waals surface area contributed by atoms with E-state index in [1.54, 1.807) is 24.3 Å². The molecule has 2 aromatic rings. The van der Waals surface area contributed by atoms with Gasteiger partial charge in [0.05, 0.1) is 0 Å². The first kappa shape index (κ1) is 11.9. The molecule has 3 heteroatoms. The summed E-state index contributed by atoms with van der Waals surface area (Å²) in [5, 5.41) is 18.9. The number of ketones is 1. The molecule has 0 unspecified atom stereocenters. The van der Waals surface area contributed by atoms with Crippen LogP contribution in [0.2, 0.25) is 0 Å². The Morgan fingerprint density at radius 2 is 1.50 bits per heavy atom. The quantitative estimate of drug-likeness (QED) is 0.492. The molecule has 0 radical (unpaired) electrons. The first-order chi connectivity index (χ1) is 8.66. The number of aliphatic hydroxyl groups excluding tert-OH is 1. The maximum absolute atomic E-state index is 11.8. The van der Waals surface area contributed by atoms with Crippen LogP contribution in [0.3, 0.4) is 0 Å². The molecule has 0 saturated carbocycles. The van der Waals surface area contributed by atoms with Crippen molar-refractivity contribution in [2.24, 2.45) is 0 Å². The fourth-order valence-electron chi connectivity index (χ4n) is 1.53. The van der Waals surface area contributed by atoms with Gasteiger partial charge in [0.2, 0.25) is 0 Å². The summed E-state index contributed by atoms with van der Waals surface area (Å²) in [4.78, 5) is 11.8. The van der Waals surface area contributed by atoms with Gasteiger partial charge in [0, 0.05) is 17.2 Å². The maximum Gasteiger partial charge on any atom is 0.189 e. The van der Waals surface area contributed by atoms with Crippen molar-refractivity contribution in [1.82, 2.24) is 0 Å². The molecule has 0 aromatic heterocycles. The van der Waals surface area contributed by atoms with Crippen molar-refractivity contribution < 1.29 is 15.0 Å². The zero-order valence-corrected chi connectivity index (χ0v) is 9.58. The summed E-state index contributed by atoms with van der Waals surface area (Å²) in [5.74, 6) is -0.284. The monoisotopic (exact) mass is 240 g/mol. The Hall–Kier alpha value is -2.55. The van der Waals surface area contributed by atoms with E-state index in [-0.39, 0.29) is 17.3 Å². The third kappa shape index (κ3) is 2.77. The highest BCUT2D eigenvalue weighted by Crippen LogP contribution is 2.14. The van der Waals surface area contributed by atoms with E-state index in [1.807, 2.05) is 6.07 Å². The molecule has 0 saturated heterocycles. The third-order valence-electron chi connectivity index (χ3n) is 2.49. The number of aromatic hydroxyl groups is 1. The second-order valence-electron chi connectivity index (χ2n) is 3.81. The second kappa shape index (κ2) is 5.19. The largest absolute Gasteiger partial charge is 0.508 e. The van der Waals surface area contributed by atoms with Crippen LogP contribution < -0.4 is 0 Å². The lowest BCUT2D eigenvalue weighted by Gasteiger charge is -2.00. The minimum atomic E-state index is -0.309. The van der Waals surface area contributed by atoms with Crippen LogP contribution in [0, 0.1) is 0 Å². The Labute approximate surface area is 105 Å². The molecule has 0 aliphatic carbocycles. The van der Waals surface area contributed by atoms with Gasteiger partial charge in [-0.2, -0.15) is 0 Å². The summed E-state index contributed by atoms with van der Waals surface area (Å²) < 4.78 is 0. The summed E-state index contributed by atoms with van der Waals surface area (Å²) in [6.07, 6.45) is 1.17. The molecule has 2 rings (SSSR count). The highest BCUT2D eigenvalue weighted by atomic mass is 16.3. The summed E-state index contributed by atoms with van der Waals surface area (Å²) >= 11 is 0. The number of aliphatic hydroxyl groups is 1. The number of rotatable bonds is 3. The summed E-state index contributed by atoms with van der Waals surface area (Å²) in [7, 11) is 0. The molecule has 0 spiro atoms. The molecule has 0 aliphatic rings. The number of benzene rings is 2. The minimum Gasteiger partial charge on any atom is -0.508 e. The SMILES string of the molecule is O=C(/C=C(/O)c1ccccc1)c1ccc(O)cc1. The van der Waals surface area contributed by atoms with Crippen molar-refractivity contribution in [3.8, 4) is 5.75 Å². The van der Waals surface area contributed by atoms with E-state index in [0.29, 0.717) is 11.1 Å². The highest BCUT2D eigenvalue weighted by Gasteiger charge is 2.05. The van der Waals surface area contributed by atoms with Gasteiger partial charge in [0.25, 0.3) is 0 Å². The molecule has 0 heterocycles. The number of carbonyl (C=O) groups is 1. The summed E-state index contributed by atoms with van der Waals surface area (Å²) in [5.41, 5.74) is 1.000. The fourth-order valence-corrected chi connectivity index (χ4v) is 1.53. The van der Waals surface area contributed by atoms with Crippen LogP contribution in [0.15, 0.2) is 60.7 Å². The Morgan fingerprint density at radius 3 is 2.11 bits per heavy atom. The van der Waals surface area contributed by atoms with Gasteiger partial charge in [-0.3, -0.25) is 4.79 Å². The molecule has 18 heavy (non-hydrogen) atoms. The van der Waals surface area contributed by atoms with Gasteiger partial charge in [-0.1, -0.05) is 30.3 Å². The number of phenols is 1. The molecule has 2 N–H and O–H groups in total. The van der Waals surface area contributed by atoms with E-state index >= 15 is 0 Å². The smallest absolute Gasteiger partial charge is 0.189 e. The normalized spacial score (nSPS) is 11.2. The molecule has 0 atom stereocenters. The average Bonchev–Trinajstić information content (AvgIpc) is 2.40. The Bertz CT molecular complexity index is 568. The van der Waals surface area contributed by atoms with Gasteiger partial charge < -0.3 is 10.2 Å². The molecule has 3 nitrogen and oxygen atoms in total. The van der Waals surface area contributed by atoms with Crippen LogP contribution >= 0.6 is 0 Å². The predicted octanol–water partition coefficient (Wildman–Crippen LogP) is 3.17. The van der Waals surface area contributed by atoms with E-state index < -0.39 is 0 Å². The van der Waals surface area contributed by atoms with Crippen LogP contribution in [0.5, 0.6) is 5.75 Å². The number of hydrogen-bond donors (Lipinski definition) is 2. The van der Waals surface area contributed by atoms with Gasteiger partial charge in [0.1, 0.15) is 11.5 Å². The molecule has 0 aliphatic heterocycles. The first-order valence-corrected chi connectivity index (χ1v) is 5.46. The first-order valence-electron chi connectivity index (χ1n) is 5.46. The maximum atomic E-state index is 11.8. The van der Waals surface area contributed by atoms with Crippen LogP contribution in [0.25, 0.3) is 5.76 Å². The van der Waals surface area contributed by atoms with Crippen molar-refractivity contribution in [1.29, 1.82) is 0 Å². The summed E-state index contributed by atoms with van der Waals surface area (Å²) in [6.45, 7) is 0. The topological polar surface area (TPSA) is 57.5 Å². The number of allylic oxidation sites excluding steroid dienone is 1. The third-order valence-corrected chi connectivity index (χ3v) is 2.49. The van der Waals surface area contributed by atoms with E-state index in [0.717, 1.165) is 0 Å². The molecule has 2 aromatic carbocycles. The molecular formula is C15H12O3. The number of hydrogen-bond acceptors (Lipinski definition) is 3. The molecular weight excluding hydrogens is 228 g/mol. The Balaban J connectivity index is 2.23. The van der Waals surface area contributed by atoms with E-state index in [4.69, 9.17) is 5.11 Å². The van der Waals surface area contributed by atoms with Crippen molar-refractivity contribution in [3.05, 3.63) is 71.8 Å². The van der Waals surface area contributed by atoms with E-state index in [1.165, 1.54) is 30.3 Å². The lowest BCUT2D eigenvalue weighted by Crippen LogP contribution is -1.96. The molecule has 0 amide bonds. The highest BCUT2D eigenvalue weighted by molar-refractivity contribution is 6.07. The van der Waals surface area contributed by atoms with Gasteiger partial charge in [-0.25, -0.2) is 0 Å². The fraction of sp³-hybridized carbons (Fsp3) is 0. The van der Waals surface area contributed by atoms with Crippen molar-refractivity contribution >= 4 is 11.5 Å². The molecule has 0 fully saturated rings. The summed E-state index contributed by atoms with van der Waals surface area (Å²) in [6, 6.07) is 14.7. The number of phenolic OH excluding ortho intramolecular Hbond substituents is 1. The van der Waals surface area contributed by atoms with Crippen molar-refractivity contribution in [3.63, 3.8) is 0 Å².